The normalized spacial score (nSPS) is 10.4. The minimum atomic E-state index is -0.158. The van der Waals surface area contributed by atoms with Crippen molar-refractivity contribution in [2.75, 3.05) is 18.9 Å². The molecular weight excluding hydrogens is 308 g/mol. The third kappa shape index (κ3) is 4.41. The predicted octanol–water partition coefficient (Wildman–Crippen LogP) is 3.29. The van der Waals surface area contributed by atoms with Crippen molar-refractivity contribution in [3.63, 3.8) is 0 Å². The van der Waals surface area contributed by atoms with E-state index in [9.17, 15) is 4.79 Å². The maximum atomic E-state index is 12.3. The van der Waals surface area contributed by atoms with Gasteiger partial charge >= 0.3 is 0 Å². The van der Waals surface area contributed by atoms with Gasteiger partial charge in [-0.25, -0.2) is 0 Å². The van der Waals surface area contributed by atoms with Crippen LogP contribution in [0.15, 0.2) is 24.3 Å². The van der Waals surface area contributed by atoms with E-state index < -0.39 is 0 Å². The number of aromatic nitrogens is 2. The number of carbonyl (C=O) groups is 1. The lowest BCUT2D eigenvalue weighted by atomic mass is 10.3. The van der Waals surface area contributed by atoms with E-state index in [0.29, 0.717) is 18.1 Å². The van der Waals surface area contributed by atoms with Crippen LogP contribution in [-0.2, 0) is 6.54 Å². The lowest BCUT2D eigenvalue weighted by Gasteiger charge is -2.15. The number of thiophene rings is 1. The molecule has 0 aliphatic rings. The highest BCUT2D eigenvalue weighted by molar-refractivity contribution is 7.16. The molecular formula is C14H17ClN4OS. The van der Waals surface area contributed by atoms with E-state index in [1.54, 1.807) is 24.1 Å². The Hall–Kier alpha value is -1.66. The summed E-state index contributed by atoms with van der Waals surface area (Å²) in [5, 5.41) is 11.1. The molecule has 0 saturated heterocycles. The van der Waals surface area contributed by atoms with Gasteiger partial charge in [0.15, 0.2) is 5.69 Å². The van der Waals surface area contributed by atoms with Gasteiger partial charge in [0.1, 0.15) is 5.82 Å². The fraction of sp³-hybridized carbons (Fsp3) is 0.357. The van der Waals surface area contributed by atoms with E-state index in [-0.39, 0.29) is 5.91 Å². The van der Waals surface area contributed by atoms with Crippen LogP contribution in [0.4, 0.5) is 5.82 Å². The van der Waals surface area contributed by atoms with E-state index >= 15 is 0 Å². The number of anilines is 1. The van der Waals surface area contributed by atoms with Crippen molar-refractivity contribution in [1.82, 2.24) is 15.1 Å². The number of hydrogen-bond donors (Lipinski definition) is 1. The summed E-state index contributed by atoms with van der Waals surface area (Å²) >= 11 is 7.35. The number of amides is 1. The molecule has 0 radical (unpaired) electrons. The third-order valence-corrected chi connectivity index (χ3v) is 4.02. The first kappa shape index (κ1) is 15.7. The van der Waals surface area contributed by atoms with E-state index in [1.165, 1.54) is 11.3 Å². The summed E-state index contributed by atoms with van der Waals surface area (Å²) in [5.74, 6) is 0.523. The van der Waals surface area contributed by atoms with E-state index in [2.05, 4.69) is 22.4 Å². The highest BCUT2D eigenvalue weighted by atomic mass is 35.5. The molecule has 0 spiro atoms. The second kappa shape index (κ2) is 7.38. The third-order valence-electron chi connectivity index (χ3n) is 2.81. The van der Waals surface area contributed by atoms with E-state index in [0.717, 1.165) is 22.2 Å². The van der Waals surface area contributed by atoms with Gasteiger partial charge in [-0.1, -0.05) is 18.5 Å². The maximum absolute atomic E-state index is 12.3. The van der Waals surface area contributed by atoms with Crippen LogP contribution in [0.5, 0.6) is 0 Å². The number of carbonyl (C=O) groups excluding carboxylic acids is 1. The minimum absolute atomic E-state index is 0.158. The number of nitrogens with zero attached hydrogens (tertiary/aromatic N) is 3. The molecule has 5 nitrogen and oxygen atoms in total. The highest BCUT2D eigenvalue weighted by Gasteiger charge is 2.15. The molecule has 0 aliphatic carbocycles. The fourth-order valence-electron chi connectivity index (χ4n) is 1.73. The summed E-state index contributed by atoms with van der Waals surface area (Å²) in [6.45, 7) is 3.42. The SMILES string of the molecule is CCCNc1ccc(C(=O)N(C)Cc2ccc(Cl)s2)nn1. The van der Waals surface area contributed by atoms with Crippen LogP contribution in [0, 0.1) is 0 Å². The molecule has 0 unspecified atom stereocenters. The van der Waals surface area contributed by atoms with Crippen LogP contribution in [0.3, 0.4) is 0 Å². The first-order valence-electron chi connectivity index (χ1n) is 6.67. The monoisotopic (exact) mass is 324 g/mol. The molecule has 0 aliphatic heterocycles. The Balaban J connectivity index is 1.98. The van der Waals surface area contributed by atoms with Crippen LogP contribution in [0.25, 0.3) is 0 Å². The molecule has 112 valence electrons. The quantitative estimate of drug-likeness (QED) is 0.886. The Morgan fingerprint density at radius 3 is 2.71 bits per heavy atom. The van der Waals surface area contributed by atoms with Crippen LogP contribution in [-0.4, -0.2) is 34.6 Å². The summed E-state index contributed by atoms with van der Waals surface area (Å²) in [5.41, 5.74) is 0.335. The zero-order valence-corrected chi connectivity index (χ0v) is 13.5. The fourth-order valence-corrected chi connectivity index (χ4v) is 2.87. The lowest BCUT2D eigenvalue weighted by molar-refractivity contribution is 0.0779. The standard InChI is InChI=1S/C14H17ClN4OS/c1-3-8-16-13-7-5-11(17-18-13)14(20)19(2)9-10-4-6-12(15)21-10/h4-7H,3,8-9H2,1-2H3,(H,16,18). The van der Waals surface area contributed by atoms with Gasteiger partial charge in [-0.05, 0) is 30.7 Å². The number of nitrogens with one attached hydrogen (secondary N) is 1. The van der Waals surface area contributed by atoms with Gasteiger partial charge in [-0.3, -0.25) is 4.79 Å². The van der Waals surface area contributed by atoms with Crippen LogP contribution in [0.2, 0.25) is 4.34 Å². The van der Waals surface area contributed by atoms with Gasteiger partial charge in [0.25, 0.3) is 5.91 Å². The average Bonchev–Trinajstić information content (AvgIpc) is 2.90. The summed E-state index contributed by atoms with van der Waals surface area (Å²) in [7, 11) is 1.74. The smallest absolute Gasteiger partial charge is 0.274 e. The molecule has 7 heteroatoms. The summed E-state index contributed by atoms with van der Waals surface area (Å²) in [6, 6.07) is 7.20. The molecule has 2 rings (SSSR count). The lowest BCUT2D eigenvalue weighted by Crippen LogP contribution is -2.27. The van der Waals surface area contributed by atoms with Gasteiger partial charge in [-0.2, -0.15) is 0 Å². The van der Waals surface area contributed by atoms with Crippen molar-refractivity contribution in [2.45, 2.75) is 19.9 Å². The van der Waals surface area contributed by atoms with Crippen molar-refractivity contribution in [3.8, 4) is 0 Å². The maximum Gasteiger partial charge on any atom is 0.274 e. The molecule has 0 aromatic carbocycles. The Morgan fingerprint density at radius 1 is 1.33 bits per heavy atom. The van der Waals surface area contributed by atoms with E-state index in [4.69, 9.17) is 11.6 Å². The summed E-state index contributed by atoms with van der Waals surface area (Å²) in [4.78, 5) is 14.9. The van der Waals surface area contributed by atoms with Gasteiger partial charge in [0.2, 0.25) is 0 Å². The van der Waals surface area contributed by atoms with Crippen molar-refractivity contribution in [1.29, 1.82) is 0 Å². The second-order valence-electron chi connectivity index (χ2n) is 4.60. The van der Waals surface area contributed by atoms with Crippen LogP contribution >= 0.6 is 22.9 Å². The minimum Gasteiger partial charge on any atom is -0.369 e. The Bertz CT molecular complexity index is 599. The zero-order chi connectivity index (χ0) is 15.2. The largest absolute Gasteiger partial charge is 0.369 e. The molecule has 2 aromatic rings. The first-order chi connectivity index (χ1) is 10.1. The van der Waals surface area contributed by atoms with Crippen molar-refractivity contribution >= 4 is 34.7 Å². The topological polar surface area (TPSA) is 58.1 Å². The number of halogens is 1. The molecule has 2 heterocycles. The highest BCUT2D eigenvalue weighted by Crippen LogP contribution is 2.22. The summed E-state index contributed by atoms with van der Waals surface area (Å²) < 4.78 is 0.719. The molecule has 0 fully saturated rings. The van der Waals surface area contributed by atoms with Crippen molar-refractivity contribution in [2.24, 2.45) is 0 Å². The summed E-state index contributed by atoms with van der Waals surface area (Å²) in [6.07, 6.45) is 1.01. The van der Waals surface area contributed by atoms with E-state index in [1.807, 2.05) is 12.1 Å². The average molecular weight is 325 g/mol. The van der Waals surface area contributed by atoms with Crippen molar-refractivity contribution in [3.05, 3.63) is 39.2 Å². The molecule has 0 atom stereocenters. The van der Waals surface area contributed by atoms with Gasteiger partial charge in [-0.15, -0.1) is 21.5 Å². The van der Waals surface area contributed by atoms with Gasteiger partial charge < -0.3 is 10.2 Å². The Kier molecular flexibility index (Phi) is 5.52. The molecule has 2 aromatic heterocycles. The first-order valence-corrected chi connectivity index (χ1v) is 7.87. The molecule has 0 saturated carbocycles. The van der Waals surface area contributed by atoms with Gasteiger partial charge in [0, 0.05) is 18.5 Å². The molecule has 1 amide bonds. The predicted molar refractivity (Wildman–Crippen MR) is 85.9 cm³/mol. The number of hydrogen-bond acceptors (Lipinski definition) is 5. The second-order valence-corrected chi connectivity index (χ2v) is 6.40. The Labute approximate surface area is 133 Å². The zero-order valence-electron chi connectivity index (χ0n) is 12.0. The van der Waals surface area contributed by atoms with Crippen LogP contribution in [0.1, 0.15) is 28.7 Å². The molecule has 21 heavy (non-hydrogen) atoms. The number of rotatable bonds is 6. The molecule has 1 N–H and O–H groups in total. The van der Waals surface area contributed by atoms with Crippen LogP contribution < -0.4 is 5.32 Å². The van der Waals surface area contributed by atoms with Crippen molar-refractivity contribution < 1.29 is 4.79 Å². The molecule has 0 bridgehead atoms. The Morgan fingerprint density at radius 2 is 2.14 bits per heavy atom. The van der Waals surface area contributed by atoms with Gasteiger partial charge in [0.05, 0.1) is 10.9 Å².